The van der Waals surface area contributed by atoms with Gasteiger partial charge in [0.25, 0.3) is 0 Å². The van der Waals surface area contributed by atoms with Crippen LogP contribution in [-0.4, -0.2) is 9.97 Å². The van der Waals surface area contributed by atoms with Crippen molar-refractivity contribution in [2.75, 3.05) is 0 Å². The van der Waals surface area contributed by atoms with Gasteiger partial charge in [-0.15, -0.1) is 4.95 Å². The lowest BCUT2D eigenvalue weighted by Gasteiger charge is -2.07. The van der Waals surface area contributed by atoms with Crippen LogP contribution in [-0.2, 0) is 12.4 Å². The first-order chi connectivity index (χ1) is 22.0. The second-order valence-corrected chi connectivity index (χ2v) is 10.4. The summed E-state index contributed by atoms with van der Waals surface area (Å²) in [5.74, 6) is 0. The van der Waals surface area contributed by atoms with Gasteiger partial charge in [-0.05, 0) is 69.1 Å². The van der Waals surface area contributed by atoms with Crippen molar-refractivity contribution in [3.63, 3.8) is 0 Å². The Morgan fingerprint density at radius 1 is 0.565 bits per heavy atom. The number of nitrogens with zero attached hydrogens (tertiary/aromatic N) is 6. The van der Waals surface area contributed by atoms with Gasteiger partial charge in [-0.3, -0.25) is 9.97 Å². The maximum absolute atomic E-state index is 13.0. The average Bonchev–Trinajstić information content (AvgIpc) is 3.50. The zero-order chi connectivity index (χ0) is 32.4. The molecule has 0 aliphatic carbocycles. The number of halogens is 6. The molecule has 5 aromatic carbocycles. The van der Waals surface area contributed by atoms with Crippen molar-refractivity contribution in [2.24, 2.45) is 10.1 Å². The minimum Gasteiger partial charge on any atom is -0.251 e. The summed E-state index contributed by atoms with van der Waals surface area (Å²) in [6, 6.07) is 18.7. The number of pyridine rings is 2. The molecule has 222 valence electrons. The quantitative estimate of drug-likeness (QED) is 0.0842. The van der Waals surface area contributed by atoms with Crippen LogP contribution in [0.3, 0.4) is 0 Å². The Balaban J connectivity index is 1.44. The number of aromatic nitrogens is 2. The number of hydrogen-bond donors (Lipinski definition) is 0. The summed E-state index contributed by atoms with van der Waals surface area (Å²) in [6.45, 7) is 7.46. The third-order valence-corrected chi connectivity index (χ3v) is 7.88. The molecule has 0 bridgehead atoms. The highest BCUT2D eigenvalue weighted by Gasteiger charge is 2.33. The van der Waals surface area contributed by atoms with E-state index >= 15 is 0 Å². The van der Waals surface area contributed by atoms with Crippen molar-refractivity contribution in [1.82, 2.24) is 9.97 Å². The fraction of sp³-hybridized carbons (Fsp3) is 0.0588. The molecule has 12 heteroatoms. The molecule has 0 spiro atoms. The van der Waals surface area contributed by atoms with E-state index in [2.05, 4.69) is 25.0 Å². The minimum absolute atomic E-state index is 0.376. The Morgan fingerprint density at radius 3 is 1.41 bits per heavy atom. The molecule has 0 aliphatic rings. The van der Waals surface area contributed by atoms with Crippen molar-refractivity contribution in [2.45, 2.75) is 12.4 Å². The smallest absolute Gasteiger partial charge is 0.251 e. The fourth-order valence-corrected chi connectivity index (χ4v) is 5.83. The summed E-state index contributed by atoms with van der Waals surface area (Å²) < 4.78 is 78.2. The van der Waals surface area contributed by atoms with Crippen LogP contribution in [0.1, 0.15) is 11.4 Å². The van der Waals surface area contributed by atoms with Crippen LogP contribution in [0.2, 0.25) is 0 Å². The molecule has 0 saturated heterocycles. The van der Waals surface area contributed by atoms with Crippen LogP contribution in [0.15, 0.2) is 95.3 Å². The van der Waals surface area contributed by atoms with Gasteiger partial charge in [-0.25, -0.2) is 0 Å². The van der Waals surface area contributed by atoms with Gasteiger partial charge >= 0.3 is 12.4 Å². The van der Waals surface area contributed by atoms with Gasteiger partial charge < -0.3 is 0 Å². The van der Waals surface area contributed by atoms with Gasteiger partial charge in [-0.2, -0.15) is 43.2 Å². The number of fused-ring (bicyclic) bond motifs is 6. The number of alkyl halides is 6. The van der Waals surface area contributed by atoms with Gasteiger partial charge in [0, 0.05) is 45.1 Å². The minimum atomic E-state index is -4.57. The zero-order valence-corrected chi connectivity index (χ0v) is 23.0. The maximum Gasteiger partial charge on any atom is 0.433 e. The van der Waals surface area contributed by atoms with Crippen molar-refractivity contribution < 1.29 is 26.3 Å². The molecular weight excluding hydrogens is 606 g/mol. The normalized spacial score (nSPS) is 13.2. The summed E-state index contributed by atoms with van der Waals surface area (Å²) in [7, 11) is 0. The van der Waals surface area contributed by atoms with Crippen LogP contribution in [0.4, 0.5) is 26.3 Å². The van der Waals surface area contributed by atoms with Crippen molar-refractivity contribution in [3.05, 3.63) is 119 Å². The molecule has 7 rings (SSSR count). The summed E-state index contributed by atoms with van der Waals surface area (Å²) in [6.07, 6.45) is -5.01. The Kier molecular flexibility index (Phi) is 6.35. The van der Waals surface area contributed by atoms with E-state index in [0.717, 1.165) is 46.1 Å². The Hall–Kier alpha value is -6.14. The zero-order valence-electron chi connectivity index (χ0n) is 23.0. The molecule has 0 atom stereocenters. The highest BCUT2D eigenvalue weighted by molar-refractivity contribution is 6.21. The second-order valence-electron chi connectivity index (χ2n) is 10.4. The van der Waals surface area contributed by atoms with Crippen molar-refractivity contribution >= 4 is 43.1 Å². The second kappa shape index (κ2) is 10.2. The molecule has 0 N–H and O–H groups in total. The van der Waals surface area contributed by atoms with Crippen LogP contribution in [0, 0.1) is 18.0 Å². The summed E-state index contributed by atoms with van der Waals surface area (Å²) in [5.41, 5.74) is 0.0503. The largest absolute Gasteiger partial charge is 0.433 e. The number of benzene rings is 3. The van der Waals surface area contributed by atoms with E-state index in [1.807, 2.05) is 18.3 Å². The van der Waals surface area contributed by atoms with Crippen LogP contribution in [0.25, 0.3) is 70.3 Å². The van der Waals surface area contributed by atoms with Crippen LogP contribution in [0.5, 0.6) is 0 Å². The monoisotopic (exact) mass is 620 g/mol. The van der Waals surface area contributed by atoms with Gasteiger partial charge in [-0.1, -0.05) is 36.4 Å². The Morgan fingerprint density at radius 2 is 1.00 bits per heavy atom. The van der Waals surface area contributed by atoms with E-state index < -0.39 is 23.7 Å². The van der Waals surface area contributed by atoms with E-state index in [1.54, 1.807) is 36.4 Å². The van der Waals surface area contributed by atoms with E-state index in [4.69, 9.17) is 6.57 Å². The first-order valence-corrected chi connectivity index (χ1v) is 13.4. The molecule has 0 fully saturated rings. The van der Waals surface area contributed by atoms with Crippen molar-refractivity contribution in [1.29, 1.82) is 5.26 Å². The molecule has 6 nitrogen and oxygen atoms in total. The van der Waals surface area contributed by atoms with Crippen LogP contribution >= 0.6 is 0 Å². The van der Waals surface area contributed by atoms with E-state index in [-0.39, 0.29) is 0 Å². The SMILES string of the molecule is [C-]#[N+]/N=c1\c2cc(-c3ccc(C(F)(F)F)nc3)ccc2c2cc3/c(=N/C#N)c4cc(-c5ccc(C(F)(F)F)nc5)ccc4c3cc12. The predicted octanol–water partition coefficient (Wildman–Crippen LogP) is 8.45. The number of nitriles is 1. The molecule has 46 heavy (non-hydrogen) atoms. The molecule has 0 unspecified atom stereocenters. The summed E-state index contributed by atoms with van der Waals surface area (Å²) >= 11 is 0. The molecule has 0 amide bonds. The summed E-state index contributed by atoms with van der Waals surface area (Å²) in [5, 5.41) is 19.8. The topological polar surface area (TPSA) is 78.6 Å². The number of rotatable bonds is 2. The predicted molar refractivity (Wildman–Crippen MR) is 159 cm³/mol. The average molecular weight is 621 g/mol. The van der Waals surface area contributed by atoms with E-state index in [9.17, 15) is 31.6 Å². The molecule has 2 heterocycles. The molecule has 0 saturated carbocycles. The summed E-state index contributed by atoms with van der Waals surface area (Å²) in [4.78, 5) is 14.5. The molecule has 2 aromatic heterocycles. The molecule has 0 aliphatic heterocycles. The van der Waals surface area contributed by atoms with Gasteiger partial charge in [0.1, 0.15) is 11.4 Å². The third-order valence-electron chi connectivity index (χ3n) is 7.88. The van der Waals surface area contributed by atoms with Crippen LogP contribution < -0.4 is 10.7 Å². The Bertz CT molecular complexity index is 2380. The Labute approximate surface area is 254 Å². The number of hydrogen-bond acceptors (Lipinski definition) is 5. The molecule has 7 aromatic rings. The fourth-order valence-electron chi connectivity index (χ4n) is 5.83. The highest BCUT2D eigenvalue weighted by Crippen LogP contribution is 2.36. The van der Waals surface area contributed by atoms with E-state index in [0.29, 0.717) is 54.5 Å². The van der Waals surface area contributed by atoms with E-state index in [1.165, 1.54) is 12.1 Å². The first kappa shape index (κ1) is 28.6. The third kappa shape index (κ3) is 4.59. The lowest BCUT2D eigenvalue weighted by atomic mass is 10.0. The molecular formula is C34H14F6N6. The first-order valence-electron chi connectivity index (χ1n) is 13.4. The van der Waals surface area contributed by atoms with Gasteiger partial charge in [0.05, 0.1) is 10.5 Å². The van der Waals surface area contributed by atoms with Gasteiger partial charge in [0.2, 0.25) is 6.19 Å². The lowest BCUT2D eigenvalue weighted by Crippen LogP contribution is -2.07. The van der Waals surface area contributed by atoms with Crippen molar-refractivity contribution in [3.8, 4) is 28.4 Å². The lowest BCUT2D eigenvalue weighted by molar-refractivity contribution is -0.141. The highest BCUT2D eigenvalue weighted by atomic mass is 19.4. The molecule has 0 radical (unpaired) electrons. The van der Waals surface area contributed by atoms with Gasteiger partial charge in [0.15, 0.2) is 5.36 Å². The maximum atomic E-state index is 13.0. The standard InChI is InChI=1S/C34H14F6N6/c1-42-46-32-26-11-18(20-5-9-30(44-15-20)34(38,39)40)3-7-22(26)24-12-27-23(13-28(24)32)21-6-2-17(10-25(21)31(27)45-16-41)19-4-8-29(43-14-19)33(35,36)37/h2-15H/b45-31+,46-32+.